The summed E-state index contributed by atoms with van der Waals surface area (Å²) in [5.41, 5.74) is 2.71. The average molecular weight is 385 g/mol. The molecule has 138 valence electrons. The first-order chi connectivity index (χ1) is 12.8. The normalized spacial score (nSPS) is 10.5. The number of aryl methyl sites for hydroxylation is 3. The molecule has 0 bridgehead atoms. The number of halogens is 1. The van der Waals surface area contributed by atoms with Gasteiger partial charge < -0.3 is 15.2 Å². The van der Waals surface area contributed by atoms with Crippen LogP contribution >= 0.6 is 11.6 Å². The summed E-state index contributed by atoms with van der Waals surface area (Å²) in [5.74, 6) is -0.0205. The van der Waals surface area contributed by atoms with Crippen molar-refractivity contribution in [3.8, 4) is 0 Å². The van der Waals surface area contributed by atoms with Crippen LogP contribution in [0.15, 0.2) is 41.1 Å². The van der Waals surface area contributed by atoms with Gasteiger partial charge in [0, 0.05) is 17.8 Å². The Morgan fingerprint density at radius 2 is 1.81 bits per heavy atom. The zero-order valence-corrected chi connectivity index (χ0v) is 15.7. The third-order valence-corrected chi connectivity index (χ3v) is 4.09. The van der Waals surface area contributed by atoms with Crippen LogP contribution in [-0.2, 0) is 0 Å². The van der Waals surface area contributed by atoms with E-state index in [2.05, 4.69) is 20.8 Å². The lowest BCUT2D eigenvalue weighted by molar-refractivity contribution is 0.102. The lowest BCUT2D eigenvalue weighted by atomic mass is 10.1. The minimum absolute atomic E-state index is 0.0926. The van der Waals surface area contributed by atoms with E-state index >= 15 is 0 Å². The van der Waals surface area contributed by atoms with Crippen LogP contribution in [0.4, 0.5) is 11.5 Å². The van der Waals surface area contributed by atoms with Gasteiger partial charge in [0.05, 0.1) is 10.7 Å². The summed E-state index contributed by atoms with van der Waals surface area (Å²) in [6, 6.07) is 8.17. The number of anilines is 2. The van der Waals surface area contributed by atoms with E-state index in [-0.39, 0.29) is 11.3 Å². The highest BCUT2D eigenvalue weighted by atomic mass is 35.5. The molecule has 3 rings (SSSR count). The first-order valence-electron chi connectivity index (χ1n) is 8.12. The summed E-state index contributed by atoms with van der Waals surface area (Å²) in [6.07, 6.45) is 1.39. The molecule has 2 aromatic heterocycles. The Morgan fingerprint density at radius 3 is 2.48 bits per heavy atom. The number of amides is 2. The molecule has 0 aliphatic rings. The van der Waals surface area contributed by atoms with Gasteiger partial charge in [-0.2, -0.15) is 0 Å². The Balaban J connectivity index is 1.78. The minimum Gasteiger partial charge on any atom is -0.360 e. The summed E-state index contributed by atoms with van der Waals surface area (Å²) in [7, 11) is 0. The highest BCUT2D eigenvalue weighted by Gasteiger charge is 2.15. The van der Waals surface area contributed by atoms with Crippen molar-refractivity contribution >= 4 is 34.9 Å². The molecule has 0 unspecified atom stereocenters. The van der Waals surface area contributed by atoms with Crippen molar-refractivity contribution in [2.45, 2.75) is 20.8 Å². The molecule has 0 radical (unpaired) electrons. The first-order valence-corrected chi connectivity index (χ1v) is 8.50. The Kier molecular flexibility index (Phi) is 5.23. The van der Waals surface area contributed by atoms with Gasteiger partial charge in [0.1, 0.15) is 11.5 Å². The molecular formula is C19H17ClN4O3. The number of hydrogen-bond donors (Lipinski definition) is 2. The molecule has 1 aromatic carbocycles. The third-order valence-electron chi connectivity index (χ3n) is 3.79. The van der Waals surface area contributed by atoms with Crippen LogP contribution in [-0.4, -0.2) is 22.0 Å². The standard InChI is InChI=1S/C19H17ClN4O3/c1-10-6-11(2)17(14(20)7-10)23-19(26)15-9-13(4-5-21-15)18(25)22-16-8-12(3)27-24-16/h4-9H,1-3H3,(H,23,26)(H,22,24,25). The fraction of sp³-hybridized carbons (Fsp3) is 0.158. The van der Waals surface area contributed by atoms with Crippen molar-refractivity contribution in [2.24, 2.45) is 0 Å². The maximum Gasteiger partial charge on any atom is 0.274 e. The number of benzene rings is 1. The predicted molar refractivity (Wildman–Crippen MR) is 102 cm³/mol. The van der Waals surface area contributed by atoms with Gasteiger partial charge in [-0.25, -0.2) is 0 Å². The smallest absolute Gasteiger partial charge is 0.274 e. The van der Waals surface area contributed by atoms with Gasteiger partial charge in [0.2, 0.25) is 0 Å². The Bertz CT molecular complexity index is 1010. The third kappa shape index (κ3) is 4.32. The van der Waals surface area contributed by atoms with Gasteiger partial charge >= 0.3 is 0 Å². The van der Waals surface area contributed by atoms with Gasteiger partial charge in [-0.15, -0.1) is 0 Å². The van der Waals surface area contributed by atoms with E-state index in [1.54, 1.807) is 19.1 Å². The molecule has 3 aromatic rings. The van der Waals surface area contributed by atoms with Crippen LogP contribution in [0, 0.1) is 20.8 Å². The molecule has 2 amide bonds. The molecule has 0 fully saturated rings. The number of pyridine rings is 1. The molecule has 0 saturated carbocycles. The molecule has 0 saturated heterocycles. The second-order valence-electron chi connectivity index (χ2n) is 6.10. The monoisotopic (exact) mass is 384 g/mol. The molecule has 0 atom stereocenters. The zero-order valence-electron chi connectivity index (χ0n) is 15.0. The number of nitrogens with one attached hydrogen (secondary N) is 2. The Morgan fingerprint density at radius 1 is 1.04 bits per heavy atom. The number of aromatic nitrogens is 2. The van der Waals surface area contributed by atoms with Gasteiger partial charge in [0.15, 0.2) is 5.82 Å². The summed E-state index contributed by atoms with van der Waals surface area (Å²) in [6.45, 7) is 5.49. The van der Waals surface area contributed by atoms with Crippen molar-refractivity contribution in [1.29, 1.82) is 0 Å². The second kappa shape index (κ2) is 7.59. The quantitative estimate of drug-likeness (QED) is 0.704. The highest BCUT2D eigenvalue weighted by molar-refractivity contribution is 6.34. The van der Waals surface area contributed by atoms with E-state index in [0.29, 0.717) is 22.3 Å². The first kappa shape index (κ1) is 18.6. The zero-order chi connectivity index (χ0) is 19.6. The maximum atomic E-state index is 12.5. The van der Waals surface area contributed by atoms with E-state index in [1.165, 1.54) is 18.3 Å². The van der Waals surface area contributed by atoms with E-state index < -0.39 is 11.8 Å². The van der Waals surface area contributed by atoms with Gasteiger partial charge in [0.25, 0.3) is 11.8 Å². The minimum atomic E-state index is -0.462. The maximum absolute atomic E-state index is 12.5. The van der Waals surface area contributed by atoms with Crippen molar-refractivity contribution in [3.63, 3.8) is 0 Å². The van der Waals surface area contributed by atoms with Crippen LogP contribution in [0.1, 0.15) is 37.7 Å². The molecule has 8 heteroatoms. The summed E-state index contributed by atoms with van der Waals surface area (Å²) in [5, 5.41) is 9.49. The summed E-state index contributed by atoms with van der Waals surface area (Å²) >= 11 is 6.23. The molecule has 7 nitrogen and oxygen atoms in total. The summed E-state index contributed by atoms with van der Waals surface area (Å²) < 4.78 is 4.91. The lowest BCUT2D eigenvalue weighted by Crippen LogP contribution is -2.17. The van der Waals surface area contributed by atoms with Gasteiger partial charge in [-0.05, 0) is 50.1 Å². The molecule has 2 heterocycles. The molecule has 2 N–H and O–H groups in total. The molecule has 0 spiro atoms. The van der Waals surface area contributed by atoms with E-state index in [1.807, 2.05) is 19.9 Å². The van der Waals surface area contributed by atoms with Crippen LogP contribution in [0.3, 0.4) is 0 Å². The molecule has 0 aliphatic heterocycles. The van der Waals surface area contributed by atoms with Gasteiger partial charge in [-0.1, -0.05) is 22.8 Å². The topological polar surface area (TPSA) is 97.1 Å². The van der Waals surface area contributed by atoms with Gasteiger partial charge in [-0.3, -0.25) is 14.6 Å². The van der Waals surface area contributed by atoms with Crippen molar-refractivity contribution in [3.05, 3.63) is 69.7 Å². The van der Waals surface area contributed by atoms with E-state index in [9.17, 15) is 9.59 Å². The van der Waals surface area contributed by atoms with E-state index in [0.717, 1.165) is 11.1 Å². The largest absolute Gasteiger partial charge is 0.360 e. The lowest BCUT2D eigenvalue weighted by Gasteiger charge is -2.11. The van der Waals surface area contributed by atoms with Crippen LogP contribution in [0.25, 0.3) is 0 Å². The van der Waals surface area contributed by atoms with Crippen molar-refractivity contribution in [1.82, 2.24) is 10.1 Å². The van der Waals surface area contributed by atoms with Crippen LogP contribution in [0.5, 0.6) is 0 Å². The average Bonchev–Trinajstić information content (AvgIpc) is 3.02. The summed E-state index contributed by atoms with van der Waals surface area (Å²) in [4.78, 5) is 28.9. The SMILES string of the molecule is Cc1cc(C)c(NC(=O)c2cc(C(=O)Nc3cc(C)on3)ccn2)c(Cl)c1. The van der Waals surface area contributed by atoms with Crippen LogP contribution < -0.4 is 10.6 Å². The predicted octanol–water partition coefficient (Wildman–Crippen LogP) is 4.15. The van der Waals surface area contributed by atoms with Crippen molar-refractivity contribution < 1.29 is 14.1 Å². The Labute approximate surface area is 160 Å². The number of rotatable bonds is 4. The molecule has 27 heavy (non-hydrogen) atoms. The Hall–Kier alpha value is -3.19. The molecule has 0 aliphatic carbocycles. The van der Waals surface area contributed by atoms with Crippen molar-refractivity contribution in [2.75, 3.05) is 10.6 Å². The molecular weight excluding hydrogens is 368 g/mol. The van der Waals surface area contributed by atoms with E-state index in [4.69, 9.17) is 16.1 Å². The fourth-order valence-electron chi connectivity index (χ4n) is 2.56. The highest BCUT2D eigenvalue weighted by Crippen LogP contribution is 2.27. The number of carbonyl (C=O) groups excluding carboxylic acids is 2. The second-order valence-corrected chi connectivity index (χ2v) is 6.51. The number of hydrogen-bond acceptors (Lipinski definition) is 5. The number of carbonyl (C=O) groups is 2. The number of nitrogens with zero attached hydrogens (tertiary/aromatic N) is 2. The fourth-order valence-corrected chi connectivity index (χ4v) is 2.93. The van der Waals surface area contributed by atoms with Crippen LogP contribution in [0.2, 0.25) is 5.02 Å².